The highest BCUT2D eigenvalue weighted by Crippen LogP contribution is 2.47. The van der Waals surface area contributed by atoms with Crippen LogP contribution in [0.5, 0.6) is 0 Å². The number of hydrogen-bond donors (Lipinski definition) is 1. The fourth-order valence-electron chi connectivity index (χ4n) is 2.25. The number of aromatic nitrogens is 2. The monoisotopic (exact) mass is 253 g/mol. The third kappa shape index (κ3) is 2.47. The predicted octanol–water partition coefficient (Wildman–Crippen LogP) is 1.94. The molecule has 3 rings (SSSR count). The molecule has 0 aromatic carbocycles. The lowest BCUT2D eigenvalue weighted by molar-refractivity contribution is 0.0949. The zero-order valence-corrected chi connectivity index (χ0v) is 10.5. The average Bonchev–Trinajstić information content (AvgIpc) is 3.28. The van der Waals surface area contributed by atoms with E-state index in [2.05, 4.69) is 21.4 Å². The zero-order chi connectivity index (χ0) is 13.1. The molecule has 1 saturated carbocycles. The number of rotatable bonds is 4. The zero-order valence-electron chi connectivity index (χ0n) is 10.5. The van der Waals surface area contributed by atoms with Crippen LogP contribution in [0.2, 0.25) is 0 Å². The fourth-order valence-corrected chi connectivity index (χ4v) is 2.25. The Kier molecular flexibility index (Phi) is 2.99. The van der Waals surface area contributed by atoms with E-state index in [4.69, 9.17) is 0 Å². The third-order valence-corrected chi connectivity index (χ3v) is 3.66. The topological polar surface area (TPSA) is 54.9 Å². The first-order valence-corrected chi connectivity index (χ1v) is 6.39. The van der Waals surface area contributed by atoms with Gasteiger partial charge in [-0.1, -0.05) is 6.07 Å². The maximum Gasteiger partial charge on any atom is 0.251 e. The largest absolute Gasteiger partial charge is 0.351 e. The molecule has 1 fully saturated rings. The summed E-state index contributed by atoms with van der Waals surface area (Å²) >= 11 is 0. The quantitative estimate of drug-likeness (QED) is 0.906. The Morgan fingerprint density at radius 2 is 1.95 bits per heavy atom. The van der Waals surface area contributed by atoms with Crippen LogP contribution >= 0.6 is 0 Å². The highest BCUT2D eigenvalue weighted by molar-refractivity contribution is 5.94. The number of nitrogens with zero attached hydrogens (tertiary/aromatic N) is 2. The number of carbonyl (C=O) groups excluding carboxylic acids is 1. The van der Waals surface area contributed by atoms with Gasteiger partial charge in [-0.2, -0.15) is 0 Å². The van der Waals surface area contributed by atoms with E-state index in [1.54, 1.807) is 30.7 Å². The Morgan fingerprint density at radius 3 is 2.58 bits per heavy atom. The molecule has 0 aliphatic heterocycles. The van der Waals surface area contributed by atoms with Crippen LogP contribution in [0.1, 0.15) is 28.8 Å². The van der Waals surface area contributed by atoms with Gasteiger partial charge in [0.2, 0.25) is 0 Å². The summed E-state index contributed by atoms with van der Waals surface area (Å²) in [4.78, 5) is 20.1. The SMILES string of the molecule is O=C(NCC1(c2cccnc2)CC1)c1ccncc1. The van der Waals surface area contributed by atoms with Gasteiger partial charge in [-0.15, -0.1) is 0 Å². The van der Waals surface area contributed by atoms with E-state index in [9.17, 15) is 4.79 Å². The molecule has 96 valence electrons. The smallest absolute Gasteiger partial charge is 0.251 e. The summed E-state index contributed by atoms with van der Waals surface area (Å²) in [5.41, 5.74) is 1.96. The molecule has 4 nitrogen and oxygen atoms in total. The van der Waals surface area contributed by atoms with Crippen LogP contribution in [-0.2, 0) is 5.41 Å². The van der Waals surface area contributed by atoms with Crippen molar-refractivity contribution in [2.75, 3.05) is 6.54 Å². The number of amides is 1. The van der Waals surface area contributed by atoms with Crippen molar-refractivity contribution in [1.29, 1.82) is 0 Å². The number of pyridine rings is 2. The standard InChI is InChI=1S/C15H15N3O/c19-14(12-3-8-16-9-4-12)18-11-15(5-6-15)13-2-1-7-17-10-13/h1-4,7-10H,5-6,11H2,(H,18,19). The van der Waals surface area contributed by atoms with Crippen LogP contribution in [0.3, 0.4) is 0 Å². The van der Waals surface area contributed by atoms with Gasteiger partial charge in [0.1, 0.15) is 0 Å². The van der Waals surface area contributed by atoms with Crippen molar-refractivity contribution in [3.63, 3.8) is 0 Å². The molecule has 2 heterocycles. The Balaban J connectivity index is 1.66. The summed E-state index contributed by atoms with van der Waals surface area (Å²) < 4.78 is 0. The van der Waals surface area contributed by atoms with Crippen molar-refractivity contribution in [2.45, 2.75) is 18.3 Å². The van der Waals surface area contributed by atoms with Crippen molar-refractivity contribution in [3.8, 4) is 0 Å². The minimum Gasteiger partial charge on any atom is -0.351 e. The van der Waals surface area contributed by atoms with Crippen molar-refractivity contribution < 1.29 is 4.79 Å². The van der Waals surface area contributed by atoms with Crippen LogP contribution in [0.25, 0.3) is 0 Å². The van der Waals surface area contributed by atoms with Gasteiger partial charge in [0.15, 0.2) is 0 Å². The highest BCUT2D eigenvalue weighted by Gasteiger charge is 2.44. The van der Waals surface area contributed by atoms with Crippen LogP contribution in [-0.4, -0.2) is 22.4 Å². The number of nitrogens with one attached hydrogen (secondary N) is 1. The lowest BCUT2D eigenvalue weighted by atomic mass is 9.98. The second-order valence-corrected chi connectivity index (χ2v) is 4.94. The summed E-state index contributed by atoms with van der Waals surface area (Å²) in [6.07, 6.45) is 9.14. The van der Waals surface area contributed by atoms with E-state index in [1.807, 2.05) is 12.3 Å². The van der Waals surface area contributed by atoms with Crippen LogP contribution < -0.4 is 5.32 Å². The number of hydrogen-bond acceptors (Lipinski definition) is 3. The minimum atomic E-state index is -0.0439. The van der Waals surface area contributed by atoms with Gasteiger partial charge in [-0.3, -0.25) is 14.8 Å². The molecule has 19 heavy (non-hydrogen) atoms. The summed E-state index contributed by atoms with van der Waals surface area (Å²) in [6, 6.07) is 7.47. The molecular formula is C15H15N3O. The van der Waals surface area contributed by atoms with Gasteiger partial charge in [0.05, 0.1) is 0 Å². The summed E-state index contributed by atoms with van der Waals surface area (Å²) in [5.74, 6) is -0.0439. The second-order valence-electron chi connectivity index (χ2n) is 4.94. The second kappa shape index (κ2) is 4.80. The lowest BCUT2D eigenvalue weighted by Gasteiger charge is -2.16. The molecule has 1 N–H and O–H groups in total. The molecule has 1 aliphatic carbocycles. The van der Waals surface area contributed by atoms with Gasteiger partial charge in [-0.25, -0.2) is 0 Å². The van der Waals surface area contributed by atoms with Crippen LogP contribution in [0, 0.1) is 0 Å². The van der Waals surface area contributed by atoms with Gasteiger partial charge < -0.3 is 5.32 Å². The first kappa shape index (κ1) is 11.8. The molecular weight excluding hydrogens is 238 g/mol. The van der Waals surface area contributed by atoms with Gasteiger partial charge >= 0.3 is 0 Å². The third-order valence-electron chi connectivity index (χ3n) is 3.66. The molecule has 0 radical (unpaired) electrons. The fraction of sp³-hybridized carbons (Fsp3) is 0.267. The average molecular weight is 253 g/mol. The van der Waals surface area contributed by atoms with E-state index in [0.29, 0.717) is 12.1 Å². The summed E-state index contributed by atoms with van der Waals surface area (Å²) in [5, 5.41) is 3.01. The van der Waals surface area contributed by atoms with Gasteiger partial charge in [0.25, 0.3) is 5.91 Å². The van der Waals surface area contributed by atoms with Crippen molar-refractivity contribution in [3.05, 3.63) is 60.2 Å². The van der Waals surface area contributed by atoms with Crippen LogP contribution in [0.15, 0.2) is 49.1 Å². The van der Waals surface area contributed by atoms with Crippen LogP contribution in [0.4, 0.5) is 0 Å². The molecule has 0 atom stereocenters. The molecule has 0 bridgehead atoms. The van der Waals surface area contributed by atoms with Gasteiger partial charge in [-0.05, 0) is 36.6 Å². The molecule has 2 aromatic rings. The van der Waals surface area contributed by atoms with E-state index < -0.39 is 0 Å². The van der Waals surface area contributed by atoms with E-state index in [-0.39, 0.29) is 11.3 Å². The molecule has 0 unspecified atom stereocenters. The van der Waals surface area contributed by atoms with E-state index in [1.165, 1.54) is 5.56 Å². The summed E-state index contributed by atoms with van der Waals surface area (Å²) in [6.45, 7) is 0.667. The first-order chi connectivity index (χ1) is 9.30. The molecule has 4 heteroatoms. The summed E-state index contributed by atoms with van der Waals surface area (Å²) in [7, 11) is 0. The first-order valence-electron chi connectivity index (χ1n) is 6.39. The Morgan fingerprint density at radius 1 is 1.16 bits per heavy atom. The lowest BCUT2D eigenvalue weighted by Crippen LogP contribution is -2.32. The molecule has 0 spiro atoms. The molecule has 1 aliphatic rings. The Labute approximate surface area is 111 Å². The molecule has 1 amide bonds. The molecule has 0 saturated heterocycles. The predicted molar refractivity (Wildman–Crippen MR) is 71.7 cm³/mol. The van der Waals surface area contributed by atoms with Crippen molar-refractivity contribution in [2.24, 2.45) is 0 Å². The van der Waals surface area contributed by atoms with Crippen molar-refractivity contribution in [1.82, 2.24) is 15.3 Å². The minimum absolute atomic E-state index is 0.0439. The maximum atomic E-state index is 12.0. The van der Waals surface area contributed by atoms with E-state index >= 15 is 0 Å². The molecule has 2 aromatic heterocycles. The van der Waals surface area contributed by atoms with Gasteiger partial charge in [0, 0.05) is 42.3 Å². The van der Waals surface area contributed by atoms with Crippen molar-refractivity contribution >= 4 is 5.91 Å². The highest BCUT2D eigenvalue weighted by atomic mass is 16.1. The Bertz CT molecular complexity index is 564. The Hall–Kier alpha value is -2.23. The van der Waals surface area contributed by atoms with E-state index in [0.717, 1.165) is 12.8 Å². The maximum absolute atomic E-state index is 12.0. The number of carbonyl (C=O) groups is 1. The normalized spacial score (nSPS) is 15.8.